The number of rotatable bonds is 7. The number of nitrogens with two attached hydrogens (primary N) is 1. The lowest BCUT2D eigenvalue weighted by Crippen LogP contribution is -2.23. The fraction of sp³-hybridized carbons (Fsp3) is 0.278. The number of benzene rings is 2. The molecule has 27 heavy (non-hydrogen) atoms. The first-order chi connectivity index (χ1) is 12.8. The van der Waals surface area contributed by atoms with Crippen LogP contribution in [0, 0.1) is 0 Å². The van der Waals surface area contributed by atoms with Crippen molar-refractivity contribution in [1.29, 1.82) is 0 Å². The molecule has 2 aromatic rings. The minimum Gasteiger partial charge on any atom is -0.508 e. The molecule has 0 aliphatic carbocycles. The van der Waals surface area contributed by atoms with Crippen LogP contribution in [-0.4, -0.2) is 49.3 Å². The number of ether oxygens (including phenoxy) is 3. The molecule has 0 aromatic heterocycles. The van der Waals surface area contributed by atoms with Gasteiger partial charge in [-0.15, -0.1) is 0 Å². The van der Waals surface area contributed by atoms with E-state index in [0.29, 0.717) is 11.3 Å². The topological polar surface area (TPSA) is 135 Å². The molecular formula is C18H22N2O7. The summed E-state index contributed by atoms with van der Waals surface area (Å²) >= 11 is 0. The first-order valence-electron chi connectivity index (χ1n) is 7.86. The van der Waals surface area contributed by atoms with Gasteiger partial charge in [-0.2, -0.15) is 0 Å². The number of phenolic OH excluding ortho intramolecular Hbond substituents is 2. The van der Waals surface area contributed by atoms with Crippen LogP contribution in [0.3, 0.4) is 0 Å². The molecule has 0 aliphatic rings. The zero-order valence-corrected chi connectivity index (χ0v) is 15.2. The highest BCUT2D eigenvalue weighted by Crippen LogP contribution is 2.33. The third-order valence-corrected chi connectivity index (χ3v) is 3.80. The van der Waals surface area contributed by atoms with Gasteiger partial charge in [0.05, 0.1) is 18.4 Å². The second-order valence-electron chi connectivity index (χ2n) is 5.75. The van der Waals surface area contributed by atoms with Crippen LogP contribution < -0.4 is 15.4 Å². The molecule has 0 spiro atoms. The van der Waals surface area contributed by atoms with Crippen LogP contribution in [0.4, 0.5) is 11.4 Å². The van der Waals surface area contributed by atoms with E-state index in [0.717, 1.165) is 0 Å². The number of aromatic hydroxyl groups is 2. The van der Waals surface area contributed by atoms with Gasteiger partial charge in [-0.1, -0.05) is 0 Å². The lowest BCUT2D eigenvalue weighted by atomic mass is 10.1. The number of phenols is 2. The molecule has 0 amide bonds. The van der Waals surface area contributed by atoms with Crippen molar-refractivity contribution in [3.8, 4) is 17.2 Å². The van der Waals surface area contributed by atoms with Crippen molar-refractivity contribution in [3.63, 3.8) is 0 Å². The lowest BCUT2D eigenvalue weighted by Gasteiger charge is -2.21. The van der Waals surface area contributed by atoms with E-state index in [4.69, 9.17) is 19.9 Å². The molecule has 9 heteroatoms. The number of aliphatic hydroxyl groups is 1. The van der Waals surface area contributed by atoms with E-state index in [2.05, 4.69) is 0 Å². The molecule has 9 nitrogen and oxygen atoms in total. The van der Waals surface area contributed by atoms with Crippen LogP contribution in [0.1, 0.15) is 22.2 Å². The minimum absolute atomic E-state index is 0.0607. The standard InChI is InChI=1S/C18H22N2O7/c1-20(12-4-10(17(23)26-3)5-13(21)8-12)9-27-18(24)11-6-14(19)16(25-2)15(22)7-11/h4-8,17,21-23H,9,19H2,1-3H3. The molecule has 146 valence electrons. The van der Waals surface area contributed by atoms with E-state index in [1.54, 1.807) is 13.1 Å². The van der Waals surface area contributed by atoms with Gasteiger partial charge in [-0.3, -0.25) is 0 Å². The van der Waals surface area contributed by atoms with Crippen molar-refractivity contribution in [3.05, 3.63) is 41.5 Å². The SMILES string of the molecule is COc1c(N)cc(C(=O)OCN(C)c2cc(O)cc(C(O)OC)c2)cc1O. The van der Waals surface area contributed by atoms with Crippen molar-refractivity contribution >= 4 is 17.3 Å². The lowest BCUT2D eigenvalue weighted by molar-refractivity contribution is -0.0770. The van der Waals surface area contributed by atoms with Gasteiger partial charge in [-0.25, -0.2) is 4.79 Å². The molecule has 0 saturated carbocycles. The Kier molecular flexibility index (Phi) is 6.32. The predicted molar refractivity (Wildman–Crippen MR) is 97.8 cm³/mol. The number of nitrogens with zero attached hydrogens (tertiary/aromatic N) is 1. The number of hydrogen-bond donors (Lipinski definition) is 4. The van der Waals surface area contributed by atoms with E-state index in [-0.39, 0.29) is 35.2 Å². The Morgan fingerprint density at radius 1 is 1.19 bits per heavy atom. The van der Waals surface area contributed by atoms with Crippen molar-refractivity contribution in [2.75, 3.05) is 38.6 Å². The minimum atomic E-state index is -1.20. The number of hydrogen-bond acceptors (Lipinski definition) is 9. The zero-order valence-electron chi connectivity index (χ0n) is 15.2. The molecule has 0 fully saturated rings. The fourth-order valence-electron chi connectivity index (χ4n) is 2.41. The maximum atomic E-state index is 12.2. The summed E-state index contributed by atoms with van der Waals surface area (Å²) in [6, 6.07) is 6.91. The Balaban J connectivity index is 2.10. The second-order valence-corrected chi connectivity index (χ2v) is 5.75. The van der Waals surface area contributed by atoms with E-state index >= 15 is 0 Å². The molecule has 0 aliphatic heterocycles. The van der Waals surface area contributed by atoms with Crippen LogP contribution in [0.25, 0.3) is 0 Å². The molecule has 2 rings (SSSR count). The quantitative estimate of drug-likeness (QED) is 0.322. The Hall–Kier alpha value is -3.17. The van der Waals surface area contributed by atoms with Crippen LogP contribution in [0.2, 0.25) is 0 Å². The smallest absolute Gasteiger partial charge is 0.340 e. The van der Waals surface area contributed by atoms with Crippen molar-refractivity contribution in [2.24, 2.45) is 0 Å². The number of methoxy groups -OCH3 is 2. The number of nitrogen functional groups attached to an aromatic ring is 1. The molecule has 1 atom stereocenters. The average Bonchev–Trinajstić information content (AvgIpc) is 2.64. The molecule has 2 aromatic carbocycles. The van der Waals surface area contributed by atoms with Gasteiger partial charge < -0.3 is 40.2 Å². The first kappa shape index (κ1) is 20.1. The van der Waals surface area contributed by atoms with E-state index in [9.17, 15) is 20.1 Å². The summed E-state index contributed by atoms with van der Waals surface area (Å²) in [5, 5.41) is 29.4. The Labute approximate surface area is 156 Å². The molecule has 0 radical (unpaired) electrons. The van der Waals surface area contributed by atoms with Gasteiger partial charge in [0.2, 0.25) is 0 Å². The number of aliphatic hydroxyl groups excluding tert-OH is 1. The van der Waals surface area contributed by atoms with Gasteiger partial charge in [0.15, 0.2) is 24.5 Å². The Morgan fingerprint density at radius 3 is 2.48 bits per heavy atom. The third kappa shape index (κ3) is 4.72. The summed E-state index contributed by atoms with van der Waals surface area (Å²) in [6.07, 6.45) is -1.20. The summed E-state index contributed by atoms with van der Waals surface area (Å²) in [4.78, 5) is 13.7. The summed E-state index contributed by atoms with van der Waals surface area (Å²) < 4.78 is 14.9. The van der Waals surface area contributed by atoms with Gasteiger partial charge in [-0.05, 0) is 24.3 Å². The van der Waals surface area contributed by atoms with Gasteiger partial charge in [0.25, 0.3) is 0 Å². The summed E-state index contributed by atoms with van der Waals surface area (Å²) in [7, 11) is 4.31. The predicted octanol–water partition coefficient (Wildman–Crippen LogP) is 1.58. The van der Waals surface area contributed by atoms with Gasteiger partial charge in [0.1, 0.15) is 5.75 Å². The van der Waals surface area contributed by atoms with Crippen LogP contribution in [0.5, 0.6) is 17.2 Å². The maximum Gasteiger partial charge on any atom is 0.340 e. The highest BCUT2D eigenvalue weighted by Gasteiger charge is 2.16. The molecule has 0 heterocycles. The van der Waals surface area contributed by atoms with Gasteiger partial charge in [0, 0.05) is 31.5 Å². The normalized spacial score (nSPS) is 11.7. The monoisotopic (exact) mass is 378 g/mol. The molecule has 0 saturated heterocycles. The third-order valence-electron chi connectivity index (χ3n) is 3.80. The number of carbonyl (C=O) groups excluding carboxylic acids is 1. The fourth-order valence-corrected chi connectivity index (χ4v) is 2.41. The Morgan fingerprint density at radius 2 is 1.89 bits per heavy atom. The molecule has 5 N–H and O–H groups in total. The molecular weight excluding hydrogens is 356 g/mol. The van der Waals surface area contributed by atoms with E-state index in [1.165, 1.54) is 43.4 Å². The maximum absolute atomic E-state index is 12.2. The average molecular weight is 378 g/mol. The molecule has 0 bridgehead atoms. The second kappa shape index (κ2) is 8.47. The van der Waals surface area contributed by atoms with Crippen LogP contribution >= 0.6 is 0 Å². The van der Waals surface area contributed by atoms with Crippen molar-refractivity contribution < 1.29 is 34.3 Å². The van der Waals surface area contributed by atoms with Crippen LogP contribution in [-0.2, 0) is 9.47 Å². The number of anilines is 2. The zero-order chi connectivity index (χ0) is 20.1. The summed E-state index contributed by atoms with van der Waals surface area (Å²) in [5.41, 5.74) is 6.72. The van der Waals surface area contributed by atoms with E-state index in [1.807, 2.05) is 0 Å². The van der Waals surface area contributed by atoms with Crippen LogP contribution in [0.15, 0.2) is 30.3 Å². The highest BCUT2D eigenvalue weighted by atomic mass is 16.6. The van der Waals surface area contributed by atoms with Crippen molar-refractivity contribution in [2.45, 2.75) is 6.29 Å². The summed E-state index contributed by atoms with van der Waals surface area (Å²) in [6.45, 7) is -0.155. The van der Waals surface area contributed by atoms with Crippen molar-refractivity contribution in [1.82, 2.24) is 0 Å². The van der Waals surface area contributed by atoms with Gasteiger partial charge >= 0.3 is 5.97 Å². The first-order valence-corrected chi connectivity index (χ1v) is 7.86. The summed E-state index contributed by atoms with van der Waals surface area (Å²) in [5.74, 6) is -0.981. The highest BCUT2D eigenvalue weighted by molar-refractivity contribution is 5.92. The Bertz CT molecular complexity index is 802. The number of carbonyl (C=O) groups is 1. The molecule has 1 unspecified atom stereocenters. The number of esters is 1. The van der Waals surface area contributed by atoms with E-state index < -0.39 is 12.3 Å². The largest absolute Gasteiger partial charge is 0.508 e.